The molecular formula is C15H17N5O. The number of imidazole rings is 1. The number of nitrogens with zero attached hydrogens (tertiary/aromatic N) is 3. The number of hydrogen-bond donors (Lipinski definition) is 2. The van der Waals surface area contributed by atoms with Crippen molar-refractivity contribution in [3.63, 3.8) is 0 Å². The van der Waals surface area contributed by atoms with Crippen LogP contribution in [0.4, 0.5) is 0 Å². The van der Waals surface area contributed by atoms with Crippen LogP contribution in [0.15, 0.2) is 37.2 Å². The van der Waals surface area contributed by atoms with Gasteiger partial charge in [-0.3, -0.25) is 9.78 Å². The fourth-order valence-corrected chi connectivity index (χ4v) is 1.82. The molecule has 108 valence electrons. The molecule has 6 nitrogen and oxygen atoms in total. The van der Waals surface area contributed by atoms with Crippen LogP contribution in [0.3, 0.4) is 0 Å². The maximum atomic E-state index is 12.1. The fourth-order valence-electron chi connectivity index (χ4n) is 1.82. The van der Waals surface area contributed by atoms with Crippen LogP contribution in [0, 0.1) is 11.8 Å². The van der Waals surface area contributed by atoms with Gasteiger partial charge in [0.05, 0.1) is 24.0 Å². The van der Waals surface area contributed by atoms with Crippen molar-refractivity contribution in [1.82, 2.24) is 19.9 Å². The van der Waals surface area contributed by atoms with Crippen molar-refractivity contribution in [2.24, 2.45) is 5.73 Å². The molecular weight excluding hydrogens is 266 g/mol. The van der Waals surface area contributed by atoms with Crippen LogP contribution in [-0.2, 0) is 6.54 Å². The lowest BCUT2D eigenvalue weighted by atomic mass is 10.1. The van der Waals surface area contributed by atoms with Crippen molar-refractivity contribution in [3.8, 4) is 11.8 Å². The van der Waals surface area contributed by atoms with Crippen LogP contribution >= 0.6 is 0 Å². The lowest BCUT2D eigenvalue weighted by Gasteiger charge is -2.07. The molecule has 6 heteroatoms. The molecule has 2 aromatic rings. The van der Waals surface area contributed by atoms with E-state index in [4.69, 9.17) is 5.73 Å². The molecule has 2 rings (SSSR count). The molecule has 0 radical (unpaired) electrons. The molecule has 0 aliphatic carbocycles. The summed E-state index contributed by atoms with van der Waals surface area (Å²) >= 11 is 0. The van der Waals surface area contributed by atoms with Crippen molar-refractivity contribution in [2.75, 3.05) is 13.1 Å². The second-order valence-electron chi connectivity index (χ2n) is 4.34. The first kappa shape index (κ1) is 14.8. The fraction of sp³-hybridized carbons (Fsp3) is 0.267. The molecule has 0 atom stereocenters. The Balaban J connectivity index is 1.88. The van der Waals surface area contributed by atoms with Crippen LogP contribution in [0.2, 0.25) is 0 Å². The summed E-state index contributed by atoms with van der Waals surface area (Å²) in [4.78, 5) is 20.1. The van der Waals surface area contributed by atoms with Crippen molar-refractivity contribution in [3.05, 3.63) is 48.3 Å². The van der Waals surface area contributed by atoms with Gasteiger partial charge in [-0.25, -0.2) is 4.98 Å². The van der Waals surface area contributed by atoms with Gasteiger partial charge in [-0.15, -0.1) is 0 Å². The number of rotatable bonds is 5. The Hall–Kier alpha value is -2.65. The lowest BCUT2D eigenvalue weighted by Crippen LogP contribution is -2.26. The normalized spacial score (nSPS) is 9.76. The van der Waals surface area contributed by atoms with Gasteiger partial charge in [-0.2, -0.15) is 0 Å². The second-order valence-corrected chi connectivity index (χ2v) is 4.34. The number of aryl methyl sites for hydroxylation is 1. The van der Waals surface area contributed by atoms with Crippen molar-refractivity contribution < 1.29 is 4.79 Å². The number of aromatic nitrogens is 3. The predicted molar refractivity (Wildman–Crippen MR) is 79.3 cm³/mol. The highest BCUT2D eigenvalue weighted by Gasteiger charge is 2.09. The van der Waals surface area contributed by atoms with Gasteiger partial charge in [0.1, 0.15) is 0 Å². The van der Waals surface area contributed by atoms with Crippen LogP contribution in [0.1, 0.15) is 22.3 Å². The van der Waals surface area contributed by atoms with Crippen LogP contribution < -0.4 is 11.1 Å². The molecule has 2 heterocycles. The molecule has 0 unspecified atom stereocenters. The van der Waals surface area contributed by atoms with E-state index >= 15 is 0 Å². The van der Waals surface area contributed by atoms with E-state index < -0.39 is 0 Å². The van der Waals surface area contributed by atoms with Crippen molar-refractivity contribution in [1.29, 1.82) is 0 Å². The minimum absolute atomic E-state index is 0.149. The lowest BCUT2D eigenvalue weighted by molar-refractivity contribution is 0.0952. The van der Waals surface area contributed by atoms with E-state index in [-0.39, 0.29) is 12.5 Å². The van der Waals surface area contributed by atoms with Crippen LogP contribution in [0.25, 0.3) is 0 Å². The quantitative estimate of drug-likeness (QED) is 0.614. The predicted octanol–water partition coefficient (Wildman–Crippen LogP) is 0.408. The Bertz CT molecular complexity index is 640. The minimum atomic E-state index is -0.149. The maximum Gasteiger partial charge on any atom is 0.252 e. The summed E-state index contributed by atoms with van der Waals surface area (Å²) in [5.41, 5.74) is 6.46. The molecule has 1 amide bonds. The molecule has 0 spiro atoms. The Morgan fingerprint density at radius 3 is 3.05 bits per heavy atom. The first-order chi connectivity index (χ1) is 10.3. The third kappa shape index (κ3) is 4.44. The topological polar surface area (TPSA) is 85.8 Å². The summed E-state index contributed by atoms with van der Waals surface area (Å²) in [7, 11) is 0. The summed E-state index contributed by atoms with van der Waals surface area (Å²) in [5.74, 6) is 5.44. The molecule has 3 N–H and O–H groups in total. The van der Waals surface area contributed by atoms with Gasteiger partial charge in [0.2, 0.25) is 0 Å². The largest absolute Gasteiger partial charge is 0.352 e. The molecule has 0 bridgehead atoms. The number of carbonyl (C=O) groups is 1. The molecule has 0 saturated heterocycles. The third-order valence-electron chi connectivity index (χ3n) is 2.83. The number of hydrogen-bond acceptors (Lipinski definition) is 4. The van der Waals surface area contributed by atoms with Crippen LogP contribution in [-0.4, -0.2) is 33.5 Å². The standard InChI is InChI=1S/C15H17N5O/c16-5-1-3-13-11-17-7-4-14(13)15(21)19-6-2-9-20-10-8-18-12-20/h4,7-8,10-12H,2,5-6,9,16H2,(H,19,21). The van der Waals surface area contributed by atoms with Gasteiger partial charge in [-0.1, -0.05) is 11.8 Å². The average Bonchev–Trinajstić information content (AvgIpc) is 3.03. The molecule has 0 aliphatic rings. The Morgan fingerprint density at radius 1 is 1.38 bits per heavy atom. The molecule has 0 saturated carbocycles. The molecule has 0 aromatic carbocycles. The van der Waals surface area contributed by atoms with Crippen LogP contribution in [0.5, 0.6) is 0 Å². The zero-order valence-corrected chi connectivity index (χ0v) is 11.6. The van der Waals surface area contributed by atoms with Gasteiger partial charge in [0.25, 0.3) is 5.91 Å². The van der Waals surface area contributed by atoms with E-state index in [1.54, 1.807) is 31.0 Å². The first-order valence-electron chi connectivity index (χ1n) is 6.68. The molecule has 2 aromatic heterocycles. The van der Waals surface area contributed by atoms with E-state index in [2.05, 4.69) is 27.1 Å². The maximum absolute atomic E-state index is 12.1. The molecule has 0 fully saturated rings. The van der Waals surface area contributed by atoms with Gasteiger partial charge < -0.3 is 15.6 Å². The number of nitrogens with two attached hydrogens (primary N) is 1. The van der Waals surface area contributed by atoms with Gasteiger partial charge in [0, 0.05) is 37.9 Å². The van der Waals surface area contributed by atoms with Gasteiger partial charge in [0.15, 0.2) is 0 Å². The first-order valence-corrected chi connectivity index (χ1v) is 6.68. The zero-order valence-electron chi connectivity index (χ0n) is 11.6. The molecule has 21 heavy (non-hydrogen) atoms. The number of nitrogens with one attached hydrogen (secondary N) is 1. The smallest absolute Gasteiger partial charge is 0.252 e. The van der Waals surface area contributed by atoms with E-state index in [0.29, 0.717) is 17.7 Å². The molecule has 0 aliphatic heterocycles. The highest BCUT2D eigenvalue weighted by molar-refractivity contribution is 5.96. The van der Waals surface area contributed by atoms with Crippen molar-refractivity contribution >= 4 is 5.91 Å². The average molecular weight is 283 g/mol. The van der Waals surface area contributed by atoms with Crippen molar-refractivity contribution in [2.45, 2.75) is 13.0 Å². The number of carbonyl (C=O) groups excluding carboxylic acids is 1. The highest BCUT2D eigenvalue weighted by atomic mass is 16.1. The third-order valence-corrected chi connectivity index (χ3v) is 2.83. The van der Waals surface area contributed by atoms with E-state index in [1.807, 2.05) is 10.8 Å². The summed E-state index contributed by atoms with van der Waals surface area (Å²) in [6, 6.07) is 1.66. The zero-order chi connectivity index (χ0) is 14.9. The Kier molecular flexibility index (Phi) is 5.50. The SMILES string of the molecule is NCC#Cc1cnccc1C(=O)NCCCn1ccnc1. The monoisotopic (exact) mass is 283 g/mol. The summed E-state index contributed by atoms with van der Waals surface area (Å²) in [6.07, 6.45) is 9.36. The Labute approximate surface area is 123 Å². The van der Waals surface area contributed by atoms with Gasteiger partial charge >= 0.3 is 0 Å². The van der Waals surface area contributed by atoms with E-state index in [9.17, 15) is 4.79 Å². The summed E-state index contributed by atoms with van der Waals surface area (Å²) in [6.45, 7) is 1.65. The highest BCUT2D eigenvalue weighted by Crippen LogP contribution is 2.05. The summed E-state index contributed by atoms with van der Waals surface area (Å²) < 4.78 is 1.97. The summed E-state index contributed by atoms with van der Waals surface area (Å²) in [5, 5.41) is 2.88. The van der Waals surface area contributed by atoms with Gasteiger partial charge in [-0.05, 0) is 12.5 Å². The minimum Gasteiger partial charge on any atom is -0.352 e. The van der Waals surface area contributed by atoms with E-state index in [1.165, 1.54) is 0 Å². The number of pyridine rings is 1. The number of amides is 1. The second kappa shape index (κ2) is 7.82. The van der Waals surface area contributed by atoms with E-state index in [0.717, 1.165) is 13.0 Å². The Morgan fingerprint density at radius 2 is 2.29 bits per heavy atom.